The second-order valence-electron chi connectivity index (χ2n) is 3.18. The fourth-order valence-corrected chi connectivity index (χ4v) is 0.400. The Bertz CT molecular complexity index is 250. The Labute approximate surface area is 116 Å². The molecule has 0 saturated heterocycles. The van der Waals surface area contributed by atoms with Gasteiger partial charge in [-0.2, -0.15) is 0 Å². The minimum Gasteiger partial charge on any atom is -0.480 e. The SMILES string of the molecule is CC(=O)NCC(=O)O.CC(=O)NCC(=O)O.NCCN. The van der Waals surface area contributed by atoms with Crippen molar-refractivity contribution in [3.8, 4) is 0 Å². The van der Waals surface area contributed by atoms with Crippen LogP contribution in [0.1, 0.15) is 13.8 Å². The first-order valence-corrected chi connectivity index (χ1v) is 5.49. The van der Waals surface area contributed by atoms with Gasteiger partial charge in [-0.1, -0.05) is 0 Å². The molecule has 0 aromatic heterocycles. The predicted molar refractivity (Wildman–Crippen MR) is 70.7 cm³/mol. The molecule has 0 aliphatic carbocycles. The molecule has 0 unspecified atom stereocenters. The predicted octanol–water partition coefficient (Wildman–Crippen LogP) is -2.68. The minimum atomic E-state index is -1.03. The van der Waals surface area contributed by atoms with Gasteiger partial charge in [0.25, 0.3) is 0 Å². The highest BCUT2D eigenvalue weighted by Crippen LogP contribution is 1.60. The number of hydrogen-bond donors (Lipinski definition) is 6. The highest BCUT2D eigenvalue weighted by atomic mass is 16.4. The molecule has 0 aromatic carbocycles. The van der Waals surface area contributed by atoms with Crippen molar-refractivity contribution in [2.45, 2.75) is 13.8 Å². The van der Waals surface area contributed by atoms with Gasteiger partial charge in [0.1, 0.15) is 13.1 Å². The molecule has 0 bridgehead atoms. The molecule has 10 heteroatoms. The summed E-state index contributed by atoms with van der Waals surface area (Å²) in [5.41, 5.74) is 9.81. The van der Waals surface area contributed by atoms with Crippen LogP contribution in [0, 0.1) is 0 Å². The Hall–Kier alpha value is -2.20. The number of aliphatic carboxylic acids is 2. The fourth-order valence-electron chi connectivity index (χ4n) is 0.400. The van der Waals surface area contributed by atoms with Gasteiger partial charge in [0, 0.05) is 26.9 Å². The Balaban J connectivity index is -0.000000230. The smallest absolute Gasteiger partial charge is 0.322 e. The number of carbonyl (C=O) groups excluding carboxylic acids is 2. The highest BCUT2D eigenvalue weighted by molar-refractivity contribution is 5.79. The molecule has 0 aromatic rings. The number of hydrogen-bond acceptors (Lipinski definition) is 6. The van der Waals surface area contributed by atoms with Gasteiger partial charge in [0.15, 0.2) is 0 Å². The first-order valence-electron chi connectivity index (χ1n) is 5.49. The van der Waals surface area contributed by atoms with Crippen molar-refractivity contribution in [2.24, 2.45) is 11.5 Å². The van der Waals surface area contributed by atoms with E-state index in [-0.39, 0.29) is 24.9 Å². The number of amides is 2. The monoisotopic (exact) mass is 294 g/mol. The number of rotatable bonds is 5. The summed E-state index contributed by atoms with van der Waals surface area (Å²) in [5.74, 6) is -2.71. The van der Waals surface area contributed by atoms with Gasteiger partial charge in [-0.15, -0.1) is 0 Å². The third kappa shape index (κ3) is 44.7. The van der Waals surface area contributed by atoms with Crippen LogP contribution < -0.4 is 22.1 Å². The van der Waals surface area contributed by atoms with Crippen molar-refractivity contribution < 1.29 is 29.4 Å². The van der Waals surface area contributed by atoms with Gasteiger partial charge in [-0.25, -0.2) is 0 Å². The van der Waals surface area contributed by atoms with Crippen LogP contribution in [0.2, 0.25) is 0 Å². The van der Waals surface area contributed by atoms with Crippen molar-refractivity contribution in [1.29, 1.82) is 0 Å². The molecule has 0 spiro atoms. The summed E-state index contributed by atoms with van der Waals surface area (Å²) in [6.07, 6.45) is 0. The van der Waals surface area contributed by atoms with Crippen molar-refractivity contribution in [3.05, 3.63) is 0 Å². The lowest BCUT2D eigenvalue weighted by molar-refractivity contribution is -0.138. The van der Waals surface area contributed by atoms with Crippen LogP contribution in [-0.4, -0.2) is 60.1 Å². The molecule has 0 aliphatic rings. The van der Waals surface area contributed by atoms with Crippen LogP contribution in [-0.2, 0) is 19.2 Å². The average Bonchev–Trinajstić information content (AvgIpc) is 2.35. The molecule has 0 radical (unpaired) electrons. The zero-order valence-electron chi connectivity index (χ0n) is 11.5. The van der Waals surface area contributed by atoms with Gasteiger partial charge in [0.05, 0.1) is 0 Å². The van der Waals surface area contributed by atoms with E-state index >= 15 is 0 Å². The zero-order valence-corrected chi connectivity index (χ0v) is 11.5. The van der Waals surface area contributed by atoms with Crippen molar-refractivity contribution in [1.82, 2.24) is 10.6 Å². The number of nitrogens with two attached hydrogens (primary N) is 2. The molecule has 0 fully saturated rings. The number of nitrogens with one attached hydrogen (secondary N) is 2. The summed E-state index contributed by atoms with van der Waals surface area (Å²) in [7, 11) is 0. The molecular weight excluding hydrogens is 272 g/mol. The molecule has 8 N–H and O–H groups in total. The summed E-state index contributed by atoms with van der Waals surface area (Å²) in [4.78, 5) is 39.3. The van der Waals surface area contributed by atoms with Crippen molar-refractivity contribution in [3.63, 3.8) is 0 Å². The maximum Gasteiger partial charge on any atom is 0.322 e. The van der Waals surface area contributed by atoms with E-state index in [2.05, 4.69) is 10.6 Å². The standard InChI is InChI=1S/2C4H7NO3.C2H8N2/c2*1-3(6)5-2-4(7)8;3-1-2-4/h2*2H2,1H3,(H,5,6)(H,7,8);1-4H2. The Morgan fingerprint density at radius 1 is 0.800 bits per heavy atom. The van der Waals surface area contributed by atoms with E-state index in [0.29, 0.717) is 13.1 Å². The molecule has 0 heterocycles. The zero-order chi connectivity index (χ0) is 16.6. The minimum absolute atomic E-state index is 0.296. The summed E-state index contributed by atoms with van der Waals surface area (Å²) in [6.45, 7) is 3.14. The van der Waals surface area contributed by atoms with E-state index < -0.39 is 11.9 Å². The third-order valence-electron chi connectivity index (χ3n) is 1.14. The van der Waals surface area contributed by atoms with E-state index in [1.54, 1.807) is 0 Å². The third-order valence-corrected chi connectivity index (χ3v) is 1.14. The second-order valence-corrected chi connectivity index (χ2v) is 3.18. The molecule has 10 nitrogen and oxygen atoms in total. The quantitative estimate of drug-likeness (QED) is 0.316. The molecule has 0 saturated carbocycles. The summed E-state index contributed by atoms with van der Waals surface area (Å²) in [6, 6.07) is 0. The molecule has 20 heavy (non-hydrogen) atoms. The normalized spacial score (nSPS) is 8.00. The van der Waals surface area contributed by atoms with Crippen molar-refractivity contribution >= 4 is 23.8 Å². The second kappa shape index (κ2) is 16.8. The summed E-state index contributed by atoms with van der Waals surface area (Å²) >= 11 is 0. The molecule has 118 valence electrons. The van der Waals surface area contributed by atoms with E-state index in [0.717, 1.165) is 0 Å². The lowest BCUT2D eigenvalue weighted by Gasteiger charge is -1.92. The lowest BCUT2D eigenvalue weighted by atomic mass is 10.6. The summed E-state index contributed by atoms with van der Waals surface area (Å²) in [5, 5.41) is 20.1. The van der Waals surface area contributed by atoms with E-state index in [1.165, 1.54) is 13.8 Å². The van der Waals surface area contributed by atoms with Crippen LogP contribution in [0.3, 0.4) is 0 Å². The van der Waals surface area contributed by atoms with Crippen LogP contribution in [0.4, 0.5) is 0 Å². The largest absolute Gasteiger partial charge is 0.480 e. The molecular formula is C10H22N4O6. The fraction of sp³-hybridized carbons (Fsp3) is 0.600. The Morgan fingerprint density at radius 2 is 1.05 bits per heavy atom. The van der Waals surface area contributed by atoms with E-state index in [1.807, 2.05) is 0 Å². The van der Waals surface area contributed by atoms with Crippen molar-refractivity contribution in [2.75, 3.05) is 26.2 Å². The van der Waals surface area contributed by atoms with Crippen LogP contribution >= 0.6 is 0 Å². The maximum absolute atomic E-state index is 9.97. The van der Waals surface area contributed by atoms with Gasteiger partial charge in [0.2, 0.25) is 11.8 Å². The number of carbonyl (C=O) groups is 4. The van der Waals surface area contributed by atoms with Gasteiger partial charge < -0.3 is 32.3 Å². The first-order chi connectivity index (χ1) is 9.17. The van der Waals surface area contributed by atoms with Gasteiger partial charge in [-0.05, 0) is 0 Å². The Kier molecular flexibility index (Phi) is 19.3. The average molecular weight is 294 g/mol. The van der Waals surface area contributed by atoms with Crippen LogP contribution in [0.15, 0.2) is 0 Å². The Morgan fingerprint density at radius 3 is 1.10 bits per heavy atom. The van der Waals surface area contributed by atoms with Gasteiger partial charge in [-0.3, -0.25) is 19.2 Å². The van der Waals surface area contributed by atoms with Gasteiger partial charge >= 0.3 is 11.9 Å². The lowest BCUT2D eigenvalue weighted by Crippen LogP contribution is -2.26. The molecule has 0 rings (SSSR count). The highest BCUT2D eigenvalue weighted by Gasteiger charge is 1.95. The molecule has 2 amide bonds. The van der Waals surface area contributed by atoms with E-state index in [4.69, 9.17) is 21.7 Å². The van der Waals surface area contributed by atoms with E-state index in [9.17, 15) is 19.2 Å². The first kappa shape index (κ1) is 22.9. The topological polar surface area (TPSA) is 185 Å². The molecule has 0 atom stereocenters. The van der Waals surface area contributed by atoms with Crippen LogP contribution in [0.5, 0.6) is 0 Å². The maximum atomic E-state index is 9.97. The summed E-state index contributed by atoms with van der Waals surface area (Å²) < 4.78 is 0. The molecule has 0 aliphatic heterocycles. The van der Waals surface area contributed by atoms with Crippen LogP contribution in [0.25, 0.3) is 0 Å². The number of carboxylic acids is 2. The number of carboxylic acid groups (broad SMARTS) is 2.